The van der Waals surface area contributed by atoms with Crippen LogP contribution in [0.2, 0.25) is 0 Å². The van der Waals surface area contributed by atoms with Gasteiger partial charge in [-0.1, -0.05) is 18.2 Å². The summed E-state index contributed by atoms with van der Waals surface area (Å²) in [5, 5.41) is 3.81. The van der Waals surface area contributed by atoms with Gasteiger partial charge >= 0.3 is 0 Å². The van der Waals surface area contributed by atoms with Gasteiger partial charge in [0.25, 0.3) is 5.91 Å². The number of hydrogen-bond acceptors (Lipinski definition) is 8. The van der Waals surface area contributed by atoms with E-state index in [2.05, 4.69) is 15.6 Å². The van der Waals surface area contributed by atoms with Gasteiger partial charge in [0.15, 0.2) is 15.1 Å². The SMILES string of the molecule is COCCS(=O)(=O)C(C(=O)NCC(=O)NC1CC1)c1nc2ccc(-c3ccc(C(=O)N(C)C4CC4)cc3)cc2s1. The van der Waals surface area contributed by atoms with Gasteiger partial charge in [-0.05, 0) is 61.1 Å². The topological polar surface area (TPSA) is 135 Å². The number of thiazole rings is 1. The molecule has 0 radical (unpaired) electrons. The lowest BCUT2D eigenvalue weighted by molar-refractivity contribution is -0.126. The summed E-state index contributed by atoms with van der Waals surface area (Å²) >= 11 is 1.13. The van der Waals surface area contributed by atoms with E-state index < -0.39 is 21.0 Å². The fraction of sp³-hybridized carbons (Fsp3) is 0.429. The third-order valence-corrected chi connectivity index (χ3v) is 10.2. The minimum Gasteiger partial charge on any atom is -0.384 e. The minimum absolute atomic E-state index is 0.000576. The Kier molecular flexibility index (Phi) is 8.20. The zero-order chi connectivity index (χ0) is 28.4. The lowest BCUT2D eigenvalue weighted by Gasteiger charge is -2.16. The maximum absolute atomic E-state index is 13.2. The summed E-state index contributed by atoms with van der Waals surface area (Å²) < 4.78 is 32.1. The van der Waals surface area contributed by atoms with Crippen LogP contribution in [0.25, 0.3) is 21.3 Å². The smallest absolute Gasteiger partial charge is 0.253 e. The van der Waals surface area contributed by atoms with E-state index in [1.54, 1.807) is 23.1 Å². The number of carbonyl (C=O) groups is 3. The number of nitrogens with zero attached hydrogens (tertiary/aromatic N) is 2. The predicted octanol–water partition coefficient (Wildman–Crippen LogP) is 2.69. The Bertz CT molecular complexity index is 1530. The van der Waals surface area contributed by atoms with Crippen molar-refractivity contribution in [2.75, 3.05) is 33.1 Å². The first kappa shape index (κ1) is 28.2. The Hall–Kier alpha value is -3.35. The Morgan fingerprint density at radius 3 is 2.42 bits per heavy atom. The molecule has 2 saturated carbocycles. The summed E-state index contributed by atoms with van der Waals surface area (Å²) in [4.78, 5) is 44.2. The first-order valence-corrected chi connectivity index (χ1v) is 15.7. The lowest BCUT2D eigenvalue weighted by atomic mass is 10.0. The van der Waals surface area contributed by atoms with Crippen molar-refractivity contribution in [3.63, 3.8) is 0 Å². The number of amides is 3. The Morgan fingerprint density at radius 1 is 1.07 bits per heavy atom. The van der Waals surface area contributed by atoms with Crippen LogP contribution in [0.1, 0.15) is 46.3 Å². The summed E-state index contributed by atoms with van der Waals surface area (Å²) in [5.74, 6) is -1.51. The highest BCUT2D eigenvalue weighted by atomic mass is 32.2. The van der Waals surface area contributed by atoms with Crippen LogP contribution in [-0.4, -0.2) is 81.2 Å². The van der Waals surface area contributed by atoms with Crippen molar-refractivity contribution in [1.29, 1.82) is 0 Å². The van der Waals surface area contributed by atoms with Gasteiger partial charge < -0.3 is 20.3 Å². The number of aromatic nitrogens is 1. The quantitative estimate of drug-likeness (QED) is 0.334. The molecule has 5 rings (SSSR count). The molecule has 0 aliphatic heterocycles. The van der Waals surface area contributed by atoms with Gasteiger partial charge in [-0.2, -0.15) is 0 Å². The van der Waals surface area contributed by atoms with Crippen molar-refractivity contribution in [3.8, 4) is 11.1 Å². The zero-order valence-electron chi connectivity index (χ0n) is 22.4. The van der Waals surface area contributed by atoms with Crippen molar-refractivity contribution in [3.05, 3.63) is 53.0 Å². The monoisotopic (exact) mass is 584 g/mol. The molecule has 2 N–H and O–H groups in total. The summed E-state index contributed by atoms with van der Waals surface area (Å²) in [6, 6.07) is 13.4. The van der Waals surface area contributed by atoms with Crippen LogP contribution in [0.15, 0.2) is 42.5 Å². The predicted molar refractivity (Wildman–Crippen MR) is 153 cm³/mol. The molecule has 12 heteroatoms. The summed E-state index contributed by atoms with van der Waals surface area (Å²) in [5.41, 5.74) is 2.96. The van der Waals surface area contributed by atoms with Gasteiger partial charge in [-0.3, -0.25) is 14.4 Å². The summed E-state index contributed by atoms with van der Waals surface area (Å²) in [6.07, 6.45) is 3.90. The molecule has 212 valence electrons. The number of ether oxygens (including phenoxy) is 1. The van der Waals surface area contributed by atoms with Crippen LogP contribution in [0, 0.1) is 0 Å². The van der Waals surface area contributed by atoms with Gasteiger partial charge in [0.1, 0.15) is 5.01 Å². The van der Waals surface area contributed by atoms with Gasteiger partial charge in [-0.15, -0.1) is 11.3 Å². The second-order valence-corrected chi connectivity index (χ2v) is 13.5. The molecule has 0 spiro atoms. The number of methoxy groups -OCH3 is 1. The van der Waals surface area contributed by atoms with Crippen LogP contribution in [0.3, 0.4) is 0 Å². The highest BCUT2D eigenvalue weighted by Crippen LogP contribution is 2.34. The van der Waals surface area contributed by atoms with Crippen LogP contribution in [0.5, 0.6) is 0 Å². The molecule has 1 unspecified atom stereocenters. The normalized spacial score (nSPS) is 15.9. The van der Waals surface area contributed by atoms with E-state index in [-0.39, 0.29) is 41.8 Å². The molecule has 10 nitrogen and oxygen atoms in total. The third kappa shape index (κ3) is 6.51. The third-order valence-electron chi connectivity index (χ3n) is 7.04. The van der Waals surface area contributed by atoms with E-state index in [0.717, 1.165) is 48.1 Å². The van der Waals surface area contributed by atoms with Gasteiger partial charge in [-0.25, -0.2) is 13.4 Å². The van der Waals surface area contributed by atoms with E-state index in [0.29, 0.717) is 21.8 Å². The standard InChI is InChI=1S/C28H32N4O6S2/c1-32(21-10-11-21)28(35)18-5-3-17(4-6-18)19-7-12-22-23(15-19)39-27(31-22)25(40(36,37)14-13-38-2)26(34)29-16-24(33)30-20-8-9-20/h3-7,12,15,20-21,25H,8-11,13-14,16H2,1-2H3,(H,29,34)(H,30,33). The van der Waals surface area contributed by atoms with Gasteiger partial charge in [0, 0.05) is 31.8 Å². The van der Waals surface area contributed by atoms with Crippen LogP contribution in [-0.2, 0) is 24.2 Å². The van der Waals surface area contributed by atoms with Crippen LogP contribution >= 0.6 is 11.3 Å². The second kappa shape index (κ2) is 11.6. The van der Waals surface area contributed by atoms with Crippen molar-refractivity contribution in [1.82, 2.24) is 20.5 Å². The average Bonchev–Trinajstić information content (AvgIpc) is 3.88. The van der Waals surface area contributed by atoms with E-state index in [9.17, 15) is 22.8 Å². The largest absolute Gasteiger partial charge is 0.384 e. The number of rotatable bonds is 12. The van der Waals surface area contributed by atoms with Crippen molar-refractivity contribution >= 4 is 49.1 Å². The summed E-state index contributed by atoms with van der Waals surface area (Å²) in [6.45, 7) is -0.381. The number of carbonyl (C=O) groups excluding carboxylic acids is 3. The van der Waals surface area contributed by atoms with Crippen molar-refractivity contribution in [2.24, 2.45) is 0 Å². The van der Waals surface area contributed by atoms with Crippen LogP contribution in [0.4, 0.5) is 0 Å². The molecule has 2 aliphatic carbocycles. The number of sulfone groups is 1. The Balaban J connectivity index is 1.37. The fourth-order valence-electron chi connectivity index (χ4n) is 4.38. The molecule has 2 aliphatic rings. The molecule has 1 atom stereocenters. The van der Waals surface area contributed by atoms with Gasteiger partial charge in [0.2, 0.25) is 11.8 Å². The molecule has 1 heterocycles. The maximum atomic E-state index is 13.2. The number of fused-ring (bicyclic) bond motifs is 1. The molecule has 0 bridgehead atoms. The zero-order valence-corrected chi connectivity index (χ0v) is 24.0. The van der Waals surface area contributed by atoms with E-state index in [1.807, 2.05) is 31.3 Å². The molecule has 2 aromatic carbocycles. The molecular formula is C28H32N4O6S2. The molecule has 0 saturated heterocycles. The molecule has 40 heavy (non-hydrogen) atoms. The maximum Gasteiger partial charge on any atom is 0.253 e. The highest BCUT2D eigenvalue weighted by molar-refractivity contribution is 7.92. The average molecular weight is 585 g/mol. The lowest BCUT2D eigenvalue weighted by Crippen LogP contribution is -2.41. The molecular weight excluding hydrogens is 552 g/mol. The van der Waals surface area contributed by atoms with E-state index >= 15 is 0 Å². The second-order valence-electron chi connectivity index (χ2n) is 10.3. The van der Waals surface area contributed by atoms with Gasteiger partial charge in [0.05, 0.1) is 29.1 Å². The molecule has 1 aromatic heterocycles. The molecule has 3 aromatic rings. The number of benzene rings is 2. The van der Waals surface area contributed by atoms with Crippen molar-refractivity contribution in [2.45, 2.75) is 43.0 Å². The fourth-order valence-corrected chi connectivity index (χ4v) is 7.36. The minimum atomic E-state index is -3.98. The first-order chi connectivity index (χ1) is 19.2. The van der Waals surface area contributed by atoms with E-state index in [1.165, 1.54) is 7.11 Å². The highest BCUT2D eigenvalue weighted by Gasteiger charge is 2.37. The van der Waals surface area contributed by atoms with E-state index in [4.69, 9.17) is 4.74 Å². The Labute approximate surface area is 237 Å². The number of nitrogens with one attached hydrogen (secondary N) is 2. The number of hydrogen-bond donors (Lipinski definition) is 2. The molecule has 2 fully saturated rings. The Morgan fingerprint density at radius 2 is 1.77 bits per heavy atom. The first-order valence-electron chi connectivity index (χ1n) is 13.2. The van der Waals surface area contributed by atoms with Crippen molar-refractivity contribution < 1.29 is 27.5 Å². The van der Waals surface area contributed by atoms with Crippen LogP contribution < -0.4 is 10.6 Å². The molecule has 3 amide bonds. The summed E-state index contributed by atoms with van der Waals surface area (Å²) in [7, 11) is -0.767.